The molecule has 26 heavy (non-hydrogen) atoms. The zero-order valence-electron chi connectivity index (χ0n) is 14.3. The Kier molecular flexibility index (Phi) is 4.52. The third-order valence-corrected chi connectivity index (χ3v) is 5.99. The number of thiazole rings is 1. The van der Waals surface area contributed by atoms with Crippen LogP contribution in [0.2, 0.25) is 0 Å². The summed E-state index contributed by atoms with van der Waals surface area (Å²) in [4.78, 5) is 21.2. The molecule has 0 amide bonds. The van der Waals surface area contributed by atoms with E-state index in [1.807, 2.05) is 46.7 Å². The van der Waals surface area contributed by atoms with Crippen LogP contribution in [-0.4, -0.2) is 25.5 Å². The van der Waals surface area contributed by atoms with Gasteiger partial charge in [0.05, 0.1) is 18.8 Å². The maximum absolute atomic E-state index is 12.8. The molecule has 0 fully saturated rings. The summed E-state index contributed by atoms with van der Waals surface area (Å²) in [6, 6.07) is 9.68. The summed E-state index contributed by atoms with van der Waals surface area (Å²) in [5, 5.41) is 2.00. The van der Waals surface area contributed by atoms with E-state index >= 15 is 0 Å². The van der Waals surface area contributed by atoms with Gasteiger partial charge in [-0.25, -0.2) is 4.99 Å². The largest absolute Gasteiger partial charge is 0.493 e. The van der Waals surface area contributed by atoms with Crippen LogP contribution in [0.25, 0.3) is 6.08 Å². The van der Waals surface area contributed by atoms with Gasteiger partial charge in [-0.1, -0.05) is 17.4 Å². The van der Waals surface area contributed by atoms with Gasteiger partial charge in [-0.05, 0) is 29.7 Å². The third-order valence-electron chi connectivity index (χ3n) is 4.13. The summed E-state index contributed by atoms with van der Waals surface area (Å²) in [7, 11) is 3.22. The number of methoxy groups -OCH3 is 2. The first kappa shape index (κ1) is 16.9. The van der Waals surface area contributed by atoms with E-state index in [0.717, 1.165) is 15.4 Å². The first-order valence-electron chi connectivity index (χ1n) is 7.96. The second-order valence-electron chi connectivity index (χ2n) is 5.66. The number of benzene rings is 1. The molecule has 0 N–H and O–H groups in total. The minimum Gasteiger partial charge on any atom is -0.493 e. The van der Waals surface area contributed by atoms with E-state index in [-0.39, 0.29) is 5.56 Å². The van der Waals surface area contributed by atoms with Crippen LogP contribution < -0.4 is 29.3 Å². The zero-order valence-corrected chi connectivity index (χ0v) is 16.0. The lowest BCUT2D eigenvalue weighted by Gasteiger charge is -2.26. The SMILES string of the molecule is COc1ccc(N2CN=c3s/c(=C\c4cccs4)c(=O)n3C2)cc1OC. The molecule has 2 aromatic heterocycles. The lowest BCUT2D eigenvalue weighted by atomic mass is 10.2. The quantitative estimate of drug-likeness (QED) is 0.686. The highest BCUT2D eigenvalue weighted by Gasteiger charge is 2.17. The van der Waals surface area contributed by atoms with E-state index in [2.05, 4.69) is 4.99 Å². The Morgan fingerprint density at radius 3 is 2.77 bits per heavy atom. The van der Waals surface area contributed by atoms with Crippen LogP contribution in [0.1, 0.15) is 4.88 Å². The maximum Gasteiger partial charge on any atom is 0.271 e. The zero-order chi connectivity index (χ0) is 18.1. The molecule has 8 heteroatoms. The van der Waals surface area contributed by atoms with Crippen molar-refractivity contribution in [3.05, 3.63) is 60.3 Å². The molecular weight excluding hydrogens is 370 g/mol. The molecule has 1 aliphatic rings. The van der Waals surface area contributed by atoms with Crippen LogP contribution in [0.3, 0.4) is 0 Å². The van der Waals surface area contributed by atoms with Crippen molar-refractivity contribution < 1.29 is 9.47 Å². The van der Waals surface area contributed by atoms with Gasteiger partial charge in [-0.3, -0.25) is 9.36 Å². The highest BCUT2D eigenvalue weighted by Crippen LogP contribution is 2.31. The number of aromatic nitrogens is 1. The van der Waals surface area contributed by atoms with E-state index in [4.69, 9.17) is 9.47 Å². The minimum atomic E-state index is -0.00710. The van der Waals surface area contributed by atoms with Gasteiger partial charge < -0.3 is 14.4 Å². The molecule has 3 heterocycles. The van der Waals surface area contributed by atoms with Crippen molar-refractivity contribution in [2.75, 3.05) is 25.8 Å². The number of ether oxygens (including phenoxy) is 2. The van der Waals surface area contributed by atoms with Crippen LogP contribution in [0.5, 0.6) is 11.5 Å². The second kappa shape index (κ2) is 6.97. The van der Waals surface area contributed by atoms with Crippen LogP contribution in [0.4, 0.5) is 5.69 Å². The van der Waals surface area contributed by atoms with Crippen molar-refractivity contribution in [3.8, 4) is 11.5 Å². The molecule has 0 unspecified atom stereocenters. The molecule has 0 spiro atoms. The Hall–Kier alpha value is -2.58. The fourth-order valence-corrected chi connectivity index (χ4v) is 4.48. The maximum atomic E-state index is 12.8. The monoisotopic (exact) mass is 387 g/mol. The van der Waals surface area contributed by atoms with Crippen molar-refractivity contribution in [1.82, 2.24) is 4.57 Å². The van der Waals surface area contributed by atoms with Crippen LogP contribution in [0.15, 0.2) is 45.5 Å². The predicted molar refractivity (Wildman–Crippen MR) is 104 cm³/mol. The Balaban J connectivity index is 1.69. The van der Waals surface area contributed by atoms with Crippen molar-refractivity contribution in [3.63, 3.8) is 0 Å². The third kappa shape index (κ3) is 3.02. The lowest BCUT2D eigenvalue weighted by molar-refractivity contribution is 0.355. The molecular formula is C18H17N3O3S2. The molecule has 0 saturated heterocycles. The topological polar surface area (TPSA) is 56.1 Å². The van der Waals surface area contributed by atoms with E-state index in [1.165, 1.54) is 11.3 Å². The number of rotatable bonds is 4. The van der Waals surface area contributed by atoms with Crippen molar-refractivity contribution in [2.24, 2.45) is 4.99 Å². The molecule has 6 nitrogen and oxygen atoms in total. The summed E-state index contributed by atoms with van der Waals surface area (Å²) in [6.45, 7) is 0.954. The molecule has 4 rings (SSSR count). The molecule has 1 aromatic carbocycles. The molecule has 3 aromatic rings. The van der Waals surface area contributed by atoms with E-state index in [9.17, 15) is 4.79 Å². The highest BCUT2D eigenvalue weighted by molar-refractivity contribution is 7.11. The number of anilines is 1. The minimum absolute atomic E-state index is 0.00710. The number of hydrogen-bond donors (Lipinski definition) is 0. The van der Waals surface area contributed by atoms with Crippen molar-refractivity contribution >= 4 is 34.4 Å². The molecule has 0 saturated carbocycles. The van der Waals surface area contributed by atoms with E-state index < -0.39 is 0 Å². The number of nitrogens with zero attached hydrogens (tertiary/aromatic N) is 3. The Bertz CT molecular complexity index is 1100. The first-order valence-corrected chi connectivity index (χ1v) is 9.65. The molecule has 0 radical (unpaired) electrons. The van der Waals surface area contributed by atoms with E-state index in [0.29, 0.717) is 29.4 Å². The Morgan fingerprint density at radius 2 is 2.04 bits per heavy atom. The number of fused-ring (bicyclic) bond motifs is 1. The number of hydrogen-bond acceptors (Lipinski definition) is 7. The van der Waals surface area contributed by atoms with Crippen molar-refractivity contribution in [2.45, 2.75) is 6.67 Å². The Morgan fingerprint density at radius 1 is 1.19 bits per heavy atom. The molecule has 0 bridgehead atoms. The van der Waals surface area contributed by atoms with Gasteiger partial charge in [0.2, 0.25) is 0 Å². The normalized spacial score (nSPS) is 14.1. The summed E-state index contributed by atoms with van der Waals surface area (Å²) in [5.74, 6) is 1.33. The van der Waals surface area contributed by atoms with Gasteiger partial charge >= 0.3 is 0 Å². The fourth-order valence-electron chi connectivity index (χ4n) is 2.80. The van der Waals surface area contributed by atoms with Crippen molar-refractivity contribution in [1.29, 1.82) is 0 Å². The van der Waals surface area contributed by atoms with E-state index in [1.54, 1.807) is 30.1 Å². The number of thiophene rings is 1. The van der Waals surface area contributed by atoms with Gasteiger partial charge in [-0.15, -0.1) is 11.3 Å². The first-order chi connectivity index (χ1) is 12.7. The van der Waals surface area contributed by atoms with Crippen LogP contribution in [0, 0.1) is 0 Å². The summed E-state index contributed by atoms with van der Waals surface area (Å²) in [6.07, 6.45) is 1.93. The second-order valence-corrected chi connectivity index (χ2v) is 7.65. The summed E-state index contributed by atoms with van der Waals surface area (Å²) in [5.41, 5.74) is 0.922. The molecule has 1 aliphatic heterocycles. The summed E-state index contributed by atoms with van der Waals surface area (Å²) >= 11 is 3.05. The summed E-state index contributed by atoms with van der Waals surface area (Å²) < 4.78 is 13.1. The Labute approximate surface area is 157 Å². The molecule has 0 aliphatic carbocycles. The predicted octanol–water partition coefficient (Wildman–Crippen LogP) is 1.87. The van der Waals surface area contributed by atoms with Gasteiger partial charge in [0.1, 0.15) is 13.3 Å². The average molecular weight is 387 g/mol. The smallest absolute Gasteiger partial charge is 0.271 e. The van der Waals surface area contributed by atoms with Gasteiger partial charge in [0.15, 0.2) is 16.3 Å². The highest BCUT2D eigenvalue weighted by atomic mass is 32.1. The lowest BCUT2D eigenvalue weighted by Crippen LogP contribution is -2.42. The van der Waals surface area contributed by atoms with Gasteiger partial charge in [0.25, 0.3) is 5.56 Å². The van der Waals surface area contributed by atoms with Gasteiger partial charge in [-0.2, -0.15) is 0 Å². The van der Waals surface area contributed by atoms with Crippen LogP contribution >= 0.6 is 22.7 Å². The molecule has 0 atom stereocenters. The average Bonchev–Trinajstić information content (AvgIpc) is 3.29. The molecule has 134 valence electrons. The van der Waals surface area contributed by atoms with Gasteiger partial charge in [0, 0.05) is 16.6 Å². The fraction of sp³-hybridized carbons (Fsp3) is 0.222. The standard InChI is InChI=1S/C18H17N3O3S2/c1-23-14-6-5-12(8-15(14)24-2)20-10-19-18-21(11-20)17(22)16(26-18)9-13-4-3-7-25-13/h3-9H,10-11H2,1-2H3/b16-9-. The van der Waals surface area contributed by atoms with Crippen LogP contribution in [-0.2, 0) is 6.67 Å².